The Hall–Kier alpha value is -0.830. The molecule has 70 valence electrons. The smallest absolute Gasteiger partial charge is 0.109 e. The summed E-state index contributed by atoms with van der Waals surface area (Å²) in [5.41, 5.74) is 1.24. The lowest BCUT2D eigenvalue weighted by molar-refractivity contribution is 0.675. The Balaban J connectivity index is 1.59. The SMILES string of the molecule is c1nc(C2CC2)[nH]c1CNC1CC1. The number of H-pyrrole nitrogens is 1. The van der Waals surface area contributed by atoms with Crippen LogP contribution in [0.2, 0.25) is 0 Å². The largest absolute Gasteiger partial charge is 0.345 e. The lowest BCUT2D eigenvalue weighted by Gasteiger charge is -1.98. The first-order valence-corrected chi connectivity index (χ1v) is 5.19. The molecule has 2 N–H and O–H groups in total. The van der Waals surface area contributed by atoms with E-state index >= 15 is 0 Å². The summed E-state index contributed by atoms with van der Waals surface area (Å²) >= 11 is 0. The zero-order valence-electron chi connectivity index (χ0n) is 7.71. The van der Waals surface area contributed by atoms with Crippen LogP contribution in [0.4, 0.5) is 0 Å². The molecule has 2 aliphatic rings. The molecule has 13 heavy (non-hydrogen) atoms. The summed E-state index contributed by atoms with van der Waals surface area (Å²) in [5.74, 6) is 1.95. The Labute approximate surface area is 78.0 Å². The first kappa shape index (κ1) is 7.56. The van der Waals surface area contributed by atoms with E-state index in [1.165, 1.54) is 37.2 Å². The van der Waals surface area contributed by atoms with Crippen molar-refractivity contribution in [2.45, 2.75) is 44.2 Å². The third-order valence-corrected chi connectivity index (χ3v) is 2.77. The minimum atomic E-state index is 0.745. The molecule has 0 aromatic carbocycles. The minimum absolute atomic E-state index is 0.745. The number of aromatic amines is 1. The number of hydrogen-bond donors (Lipinski definition) is 2. The molecule has 3 nitrogen and oxygen atoms in total. The summed E-state index contributed by atoms with van der Waals surface area (Å²) < 4.78 is 0. The van der Waals surface area contributed by atoms with Crippen LogP contribution in [-0.2, 0) is 6.54 Å². The van der Waals surface area contributed by atoms with Crippen LogP contribution >= 0.6 is 0 Å². The molecule has 1 aromatic heterocycles. The lowest BCUT2D eigenvalue weighted by atomic mass is 10.4. The second-order valence-electron chi connectivity index (χ2n) is 4.22. The molecule has 2 aliphatic carbocycles. The van der Waals surface area contributed by atoms with Gasteiger partial charge in [0.25, 0.3) is 0 Å². The van der Waals surface area contributed by atoms with Crippen LogP contribution in [-0.4, -0.2) is 16.0 Å². The van der Waals surface area contributed by atoms with Crippen molar-refractivity contribution in [1.29, 1.82) is 0 Å². The van der Waals surface area contributed by atoms with Gasteiger partial charge in [0.15, 0.2) is 0 Å². The molecule has 2 saturated carbocycles. The molecular weight excluding hydrogens is 162 g/mol. The van der Waals surface area contributed by atoms with Gasteiger partial charge in [-0.3, -0.25) is 0 Å². The molecule has 2 fully saturated rings. The van der Waals surface area contributed by atoms with Crippen molar-refractivity contribution in [1.82, 2.24) is 15.3 Å². The van der Waals surface area contributed by atoms with Gasteiger partial charge in [-0.15, -0.1) is 0 Å². The molecule has 0 radical (unpaired) electrons. The predicted molar refractivity (Wildman–Crippen MR) is 50.4 cm³/mol. The molecular formula is C10H15N3. The molecule has 0 bridgehead atoms. The summed E-state index contributed by atoms with van der Waals surface area (Å²) in [4.78, 5) is 7.77. The summed E-state index contributed by atoms with van der Waals surface area (Å²) in [5, 5.41) is 3.47. The van der Waals surface area contributed by atoms with Gasteiger partial charge in [0.1, 0.15) is 5.82 Å². The average molecular weight is 177 g/mol. The number of rotatable bonds is 4. The third-order valence-electron chi connectivity index (χ3n) is 2.77. The van der Waals surface area contributed by atoms with E-state index in [0.717, 1.165) is 18.5 Å². The van der Waals surface area contributed by atoms with E-state index < -0.39 is 0 Å². The van der Waals surface area contributed by atoms with Gasteiger partial charge in [-0.2, -0.15) is 0 Å². The van der Waals surface area contributed by atoms with E-state index in [4.69, 9.17) is 0 Å². The second-order valence-corrected chi connectivity index (χ2v) is 4.22. The third kappa shape index (κ3) is 1.75. The van der Waals surface area contributed by atoms with E-state index in [0.29, 0.717) is 0 Å². The van der Waals surface area contributed by atoms with Crippen LogP contribution in [0.3, 0.4) is 0 Å². The summed E-state index contributed by atoms with van der Waals surface area (Å²) in [6.07, 6.45) is 7.32. The van der Waals surface area contributed by atoms with Gasteiger partial charge >= 0.3 is 0 Å². The maximum absolute atomic E-state index is 4.38. The fraction of sp³-hybridized carbons (Fsp3) is 0.700. The Morgan fingerprint density at radius 2 is 2.23 bits per heavy atom. The van der Waals surface area contributed by atoms with E-state index in [2.05, 4.69) is 15.3 Å². The summed E-state index contributed by atoms with van der Waals surface area (Å²) in [7, 11) is 0. The molecule has 1 aromatic rings. The van der Waals surface area contributed by atoms with Crippen LogP contribution in [0, 0.1) is 0 Å². The summed E-state index contributed by atoms with van der Waals surface area (Å²) in [6.45, 7) is 0.963. The molecule has 0 aliphatic heterocycles. The fourth-order valence-corrected chi connectivity index (χ4v) is 1.57. The fourth-order valence-electron chi connectivity index (χ4n) is 1.57. The topological polar surface area (TPSA) is 40.7 Å². The van der Waals surface area contributed by atoms with Gasteiger partial charge in [0.05, 0.1) is 0 Å². The highest BCUT2D eigenvalue weighted by Gasteiger charge is 2.26. The lowest BCUT2D eigenvalue weighted by Crippen LogP contribution is -2.15. The van der Waals surface area contributed by atoms with Gasteiger partial charge in [0, 0.05) is 30.4 Å². The quantitative estimate of drug-likeness (QED) is 0.732. The average Bonchev–Trinajstić information content (AvgIpc) is 3.03. The van der Waals surface area contributed by atoms with Gasteiger partial charge in [-0.05, 0) is 25.7 Å². The first-order valence-electron chi connectivity index (χ1n) is 5.19. The van der Waals surface area contributed by atoms with Gasteiger partial charge in [-0.25, -0.2) is 4.98 Å². The number of nitrogens with one attached hydrogen (secondary N) is 2. The van der Waals surface area contributed by atoms with Gasteiger partial charge in [-0.1, -0.05) is 0 Å². The molecule has 3 rings (SSSR count). The zero-order chi connectivity index (χ0) is 8.67. The van der Waals surface area contributed by atoms with Crippen molar-refractivity contribution in [3.8, 4) is 0 Å². The van der Waals surface area contributed by atoms with Crippen molar-refractivity contribution in [2.75, 3.05) is 0 Å². The molecule has 0 unspecified atom stereocenters. The minimum Gasteiger partial charge on any atom is -0.345 e. The Bertz CT molecular complexity index is 297. The van der Waals surface area contributed by atoms with Crippen molar-refractivity contribution >= 4 is 0 Å². The maximum Gasteiger partial charge on any atom is 0.109 e. The highest BCUT2D eigenvalue weighted by Crippen LogP contribution is 2.38. The molecule has 1 heterocycles. The Morgan fingerprint density at radius 3 is 2.92 bits per heavy atom. The van der Waals surface area contributed by atoms with Crippen LogP contribution in [0.5, 0.6) is 0 Å². The Kier molecular flexibility index (Phi) is 1.65. The highest BCUT2D eigenvalue weighted by atomic mass is 15.0. The first-order chi connectivity index (χ1) is 6.42. The second kappa shape index (κ2) is 2.84. The number of hydrogen-bond acceptors (Lipinski definition) is 2. The van der Waals surface area contributed by atoms with Gasteiger partial charge < -0.3 is 10.3 Å². The zero-order valence-corrected chi connectivity index (χ0v) is 7.71. The monoisotopic (exact) mass is 177 g/mol. The van der Waals surface area contributed by atoms with Crippen LogP contribution in [0.1, 0.15) is 43.1 Å². The number of nitrogens with zero attached hydrogens (tertiary/aromatic N) is 1. The predicted octanol–water partition coefficient (Wildman–Crippen LogP) is 1.54. The maximum atomic E-state index is 4.38. The molecule has 0 saturated heterocycles. The van der Waals surface area contributed by atoms with Crippen molar-refractivity contribution in [3.05, 3.63) is 17.7 Å². The molecule has 0 spiro atoms. The van der Waals surface area contributed by atoms with Crippen LogP contribution in [0.15, 0.2) is 6.20 Å². The highest BCUT2D eigenvalue weighted by molar-refractivity contribution is 5.10. The van der Waals surface area contributed by atoms with Crippen molar-refractivity contribution in [3.63, 3.8) is 0 Å². The number of imidazole rings is 1. The van der Waals surface area contributed by atoms with Crippen molar-refractivity contribution in [2.24, 2.45) is 0 Å². The van der Waals surface area contributed by atoms with Gasteiger partial charge in [0.2, 0.25) is 0 Å². The standard InChI is InChI=1S/C10H15N3/c1-2-7(1)10-12-6-9(13-10)5-11-8-3-4-8/h6-8,11H,1-5H2,(H,12,13). The van der Waals surface area contributed by atoms with E-state index in [-0.39, 0.29) is 0 Å². The molecule has 0 amide bonds. The Morgan fingerprint density at radius 1 is 1.38 bits per heavy atom. The van der Waals surface area contributed by atoms with Crippen LogP contribution in [0.25, 0.3) is 0 Å². The number of aromatic nitrogens is 2. The molecule has 3 heteroatoms. The van der Waals surface area contributed by atoms with E-state index in [9.17, 15) is 0 Å². The van der Waals surface area contributed by atoms with E-state index in [1.807, 2.05) is 6.20 Å². The normalized spacial score (nSPS) is 22.2. The van der Waals surface area contributed by atoms with Crippen molar-refractivity contribution < 1.29 is 0 Å². The molecule has 0 atom stereocenters. The summed E-state index contributed by atoms with van der Waals surface area (Å²) in [6, 6.07) is 0.785. The van der Waals surface area contributed by atoms with Crippen LogP contribution < -0.4 is 5.32 Å². The van der Waals surface area contributed by atoms with E-state index in [1.54, 1.807) is 0 Å².